The first-order chi connectivity index (χ1) is 14.6. The Morgan fingerprint density at radius 3 is 2.68 bits per heavy atom. The number of amides is 1. The molecule has 0 bridgehead atoms. The van der Waals surface area contributed by atoms with Crippen molar-refractivity contribution >= 4 is 23.2 Å². The van der Waals surface area contributed by atoms with E-state index in [1.807, 2.05) is 0 Å². The molecule has 0 fully saturated rings. The van der Waals surface area contributed by atoms with Crippen molar-refractivity contribution in [3.63, 3.8) is 0 Å². The number of nitrogens with one attached hydrogen (secondary N) is 2. The molecule has 3 rings (SSSR count). The number of carbonyl (C=O) groups excluding carboxylic acids is 1. The molecule has 166 valence electrons. The number of hydrogen-bond acceptors (Lipinski definition) is 8. The Labute approximate surface area is 179 Å². The predicted molar refractivity (Wildman–Crippen MR) is 114 cm³/mol. The van der Waals surface area contributed by atoms with Crippen molar-refractivity contribution in [3.05, 3.63) is 51.8 Å². The average Bonchev–Trinajstić information content (AvgIpc) is 2.67. The van der Waals surface area contributed by atoms with E-state index in [0.717, 1.165) is 11.3 Å². The van der Waals surface area contributed by atoms with Crippen LogP contribution >= 0.6 is 0 Å². The van der Waals surface area contributed by atoms with Crippen molar-refractivity contribution in [3.8, 4) is 5.75 Å². The van der Waals surface area contributed by atoms with E-state index in [1.54, 1.807) is 33.0 Å². The van der Waals surface area contributed by atoms with Gasteiger partial charge in [-0.3, -0.25) is 15.1 Å². The van der Waals surface area contributed by atoms with Crippen LogP contribution in [0.25, 0.3) is 0 Å². The highest BCUT2D eigenvalue weighted by atomic mass is 16.6. The molecule has 1 aliphatic carbocycles. The molecule has 3 N–H and O–H groups in total. The minimum atomic E-state index is -0.816. The molecule has 1 aromatic carbocycles. The number of nitro benzene ring substituents is 1. The number of rotatable bonds is 5. The number of aromatic nitrogens is 1. The zero-order valence-electron chi connectivity index (χ0n) is 17.8. The van der Waals surface area contributed by atoms with Gasteiger partial charge in [0, 0.05) is 30.7 Å². The zero-order valence-corrected chi connectivity index (χ0v) is 17.8. The number of ether oxygens (including phenoxy) is 2. The lowest BCUT2D eigenvalue weighted by molar-refractivity contribution is -0.383. The highest BCUT2D eigenvalue weighted by Crippen LogP contribution is 2.32. The van der Waals surface area contributed by atoms with Crippen molar-refractivity contribution in [2.75, 3.05) is 12.4 Å². The van der Waals surface area contributed by atoms with Crippen molar-refractivity contribution in [2.24, 2.45) is 0 Å². The van der Waals surface area contributed by atoms with Gasteiger partial charge in [-0.2, -0.15) is 0 Å². The minimum Gasteiger partial charge on any atom is -0.497 e. The molecule has 2 aromatic rings. The van der Waals surface area contributed by atoms with Crippen LogP contribution in [-0.2, 0) is 17.6 Å². The van der Waals surface area contributed by atoms with Crippen LogP contribution in [0.2, 0.25) is 0 Å². The zero-order chi connectivity index (χ0) is 22.8. The van der Waals surface area contributed by atoms with Gasteiger partial charge in [0.25, 0.3) is 5.69 Å². The number of methoxy groups -OCH3 is 1. The first kappa shape index (κ1) is 22.3. The van der Waals surface area contributed by atoms with Gasteiger partial charge in [0.05, 0.1) is 36.1 Å². The van der Waals surface area contributed by atoms with Gasteiger partial charge in [0.15, 0.2) is 0 Å². The van der Waals surface area contributed by atoms with Crippen LogP contribution in [0.1, 0.15) is 32.0 Å². The fourth-order valence-corrected chi connectivity index (χ4v) is 3.34. The second-order valence-corrected chi connectivity index (χ2v) is 8.32. The molecule has 1 amide bonds. The molecule has 0 aliphatic heterocycles. The quantitative estimate of drug-likeness (QED) is 0.486. The van der Waals surface area contributed by atoms with Gasteiger partial charge < -0.3 is 25.2 Å². The molecule has 0 saturated heterocycles. The van der Waals surface area contributed by atoms with Gasteiger partial charge in [-0.05, 0) is 38.5 Å². The fourth-order valence-electron chi connectivity index (χ4n) is 3.34. The van der Waals surface area contributed by atoms with Crippen LogP contribution in [0.5, 0.6) is 5.75 Å². The summed E-state index contributed by atoms with van der Waals surface area (Å²) in [5.41, 5.74) is 1.61. The van der Waals surface area contributed by atoms with Crippen molar-refractivity contribution < 1.29 is 24.3 Å². The topological polar surface area (TPSA) is 136 Å². The van der Waals surface area contributed by atoms with Crippen molar-refractivity contribution in [2.45, 2.75) is 51.4 Å². The molecule has 0 spiro atoms. The molecule has 10 heteroatoms. The maximum Gasteiger partial charge on any atom is 0.407 e. The summed E-state index contributed by atoms with van der Waals surface area (Å²) >= 11 is 0. The summed E-state index contributed by atoms with van der Waals surface area (Å²) in [5.74, 6) is 0.477. The Balaban J connectivity index is 1.76. The molecule has 1 heterocycles. The predicted octanol–water partition coefficient (Wildman–Crippen LogP) is 3.09. The number of aliphatic hydroxyl groups excluding tert-OH is 1. The van der Waals surface area contributed by atoms with Gasteiger partial charge >= 0.3 is 6.09 Å². The normalized spacial score (nSPS) is 18.0. The van der Waals surface area contributed by atoms with E-state index < -0.39 is 28.8 Å². The third kappa shape index (κ3) is 5.60. The van der Waals surface area contributed by atoms with Gasteiger partial charge in [0.1, 0.15) is 17.0 Å². The molecule has 1 aliphatic rings. The number of hydrogen-bond donors (Lipinski definition) is 3. The lowest BCUT2D eigenvalue weighted by Crippen LogP contribution is -2.49. The summed E-state index contributed by atoms with van der Waals surface area (Å²) in [6.07, 6.45) is 0.768. The average molecular weight is 430 g/mol. The number of fused-ring (bicyclic) bond motifs is 1. The summed E-state index contributed by atoms with van der Waals surface area (Å²) in [7, 11) is 1.48. The lowest BCUT2D eigenvalue weighted by Gasteiger charge is -2.31. The number of benzene rings is 1. The second-order valence-electron chi connectivity index (χ2n) is 8.32. The SMILES string of the molecule is COc1ccc([N+](=O)[O-])c(Nc2cnc3c(c2)CC(O)C(NC(=O)OC(C)(C)C)C3)c1. The fraction of sp³-hybridized carbons (Fsp3) is 0.429. The van der Waals surface area contributed by atoms with Crippen LogP contribution in [0, 0.1) is 10.1 Å². The number of nitrogens with zero attached hydrogens (tertiary/aromatic N) is 2. The van der Waals surface area contributed by atoms with E-state index in [9.17, 15) is 20.0 Å². The first-order valence-electron chi connectivity index (χ1n) is 9.80. The van der Waals surface area contributed by atoms with Gasteiger partial charge in [-0.1, -0.05) is 0 Å². The van der Waals surface area contributed by atoms with E-state index in [4.69, 9.17) is 9.47 Å². The van der Waals surface area contributed by atoms with Crippen LogP contribution in [0.3, 0.4) is 0 Å². The molecular formula is C21H26N4O6. The standard InChI is InChI=1S/C21H26N4O6/c1-21(2,3)31-20(27)24-17-10-15-12(8-19(17)26)7-13(11-22-15)23-16-9-14(30-4)5-6-18(16)25(28)29/h5-7,9,11,17,19,23,26H,8,10H2,1-4H3,(H,24,27). The molecule has 0 saturated carbocycles. The summed E-state index contributed by atoms with van der Waals surface area (Å²) in [5, 5.41) is 27.5. The summed E-state index contributed by atoms with van der Waals surface area (Å²) in [4.78, 5) is 27.3. The van der Waals surface area contributed by atoms with Gasteiger partial charge in [-0.15, -0.1) is 0 Å². The Kier molecular flexibility index (Phi) is 6.30. The summed E-state index contributed by atoms with van der Waals surface area (Å²) in [6.45, 7) is 5.30. The van der Waals surface area contributed by atoms with E-state index in [2.05, 4.69) is 15.6 Å². The number of aliphatic hydroxyl groups is 1. The maximum atomic E-state index is 12.0. The van der Waals surface area contributed by atoms with Crippen molar-refractivity contribution in [1.82, 2.24) is 10.3 Å². The Bertz CT molecular complexity index is 988. The summed E-state index contributed by atoms with van der Waals surface area (Å²) in [6, 6.07) is 5.69. The first-order valence-corrected chi connectivity index (χ1v) is 9.80. The van der Waals surface area contributed by atoms with Crippen LogP contribution < -0.4 is 15.4 Å². The third-order valence-electron chi connectivity index (χ3n) is 4.75. The molecule has 31 heavy (non-hydrogen) atoms. The van der Waals surface area contributed by atoms with Crippen molar-refractivity contribution in [1.29, 1.82) is 0 Å². The molecule has 1 aromatic heterocycles. The second kappa shape index (κ2) is 8.76. The van der Waals surface area contributed by atoms with Crippen LogP contribution in [0.4, 0.5) is 21.9 Å². The lowest BCUT2D eigenvalue weighted by atomic mass is 9.89. The number of carbonyl (C=O) groups is 1. The van der Waals surface area contributed by atoms with Crippen LogP contribution in [-0.4, -0.2) is 46.0 Å². The monoisotopic (exact) mass is 430 g/mol. The smallest absolute Gasteiger partial charge is 0.407 e. The number of alkyl carbamates (subject to hydrolysis) is 1. The number of pyridine rings is 1. The maximum absolute atomic E-state index is 12.0. The Hall–Kier alpha value is -3.40. The van der Waals surface area contributed by atoms with Gasteiger partial charge in [-0.25, -0.2) is 4.79 Å². The minimum absolute atomic E-state index is 0.0971. The van der Waals surface area contributed by atoms with Gasteiger partial charge in [0.2, 0.25) is 0 Å². The molecule has 0 radical (unpaired) electrons. The van der Waals surface area contributed by atoms with Crippen LogP contribution in [0.15, 0.2) is 30.5 Å². The highest BCUT2D eigenvalue weighted by molar-refractivity contribution is 5.71. The van der Waals surface area contributed by atoms with E-state index in [-0.39, 0.29) is 17.8 Å². The van der Waals surface area contributed by atoms with E-state index in [0.29, 0.717) is 17.9 Å². The highest BCUT2D eigenvalue weighted by Gasteiger charge is 2.31. The Morgan fingerprint density at radius 1 is 1.29 bits per heavy atom. The molecule has 2 unspecified atom stereocenters. The molecule has 2 atom stereocenters. The molecule has 10 nitrogen and oxygen atoms in total. The Morgan fingerprint density at radius 2 is 2.03 bits per heavy atom. The third-order valence-corrected chi connectivity index (χ3v) is 4.75. The number of anilines is 2. The largest absolute Gasteiger partial charge is 0.497 e. The van der Waals surface area contributed by atoms with E-state index in [1.165, 1.54) is 25.3 Å². The van der Waals surface area contributed by atoms with E-state index >= 15 is 0 Å². The molecular weight excluding hydrogens is 404 g/mol. The summed E-state index contributed by atoms with van der Waals surface area (Å²) < 4.78 is 10.4. The number of nitro groups is 1.